The summed E-state index contributed by atoms with van der Waals surface area (Å²) in [5.41, 5.74) is 1.39. The molecule has 5 nitrogen and oxygen atoms in total. The van der Waals surface area contributed by atoms with E-state index in [0.717, 1.165) is 18.0 Å². The van der Waals surface area contributed by atoms with Crippen LogP contribution in [0, 0.1) is 34.5 Å². The lowest BCUT2D eigenvalue weighted by Gasteiger charge is -2.57. The van der Waals surface area contributed by atoms with Crippen molar-refractivity contribution < 1.29 is 9.59 Å². The number of piperidine rings is 1. The molecular weight excluding hydrogens is 418 g/mol. The van der Waals surface area contributed by atoms with Gasteiger partial charge in [-0.25, -0.2) is 0 Å². The van der Waals surface area contributed by atoms with Crippen molar-refractivity contribution in [1.82, 2.24) is 15.5 Å². The summed E-state index contributed by atoms with van der Waals surface area (Å²) in [7, 11) is 0. The Morgan fingerprint density at radius 3 is 2.56 bits per heavy atom. The number of amides is 2. The van der Waals surface area contributed by atoms with Crippen LogP contribution in [0.2, 0.25) is 0 Å². The molecular formula is C26H41N3O2S. The van der Waals surface area contributed by atoms with E-state index in [1.165, 1.54) is 32.1 Å². The minimum atomic E-state index is -0.692. The van der Waals surface area contributed by atoms with Crippen LogP contribution in [0.25, 0.3) is 0 Å². The second-order valence-electron chi connectivity index (χ2n) is 11.9. The Bertz CT molecular complexity index is 837. The van der Waals surface area contributed by atoms with Crippen LogP contribution in [0.3, 0.4) is 0 Å². The second kappa shape index (κ2) is 8.41. The maximum absolute atomic E-state index is 13.7. The topological polar surface area (TPSA) is 61.4 Å². The highest BCUT2D eigenvalue weighted by atomic mass is 32.1. The molecule has 2 N–H and O–H groups in total. The molecule has 6 heteroatoms. The summed E-state index contributed by atoms with van der Waals surface area (Å²) in [4.78, 5) is 28.5. The number of allylic oxidation sites excluding steroid dienone is 2. The Balaban J connectivity index is 1.61. The van der Waals surface area contributed by atoms with Crippen molar-refractivity contribution in [3.63, 3.8) is 0 Å². The van der Waals surface area contributed by atoms with Gasteiger partial charge < -0.3 is 10.6 Å². The SMILES string of the molecule is CC(C)NC(=S)N(C(=O)C1C[C@@]2(C)C(=CC[C@@H]3[C@H]2CC[C@]2(C)CCC[C@@H]32)NC1=O)C(C)C. The summed E-state index contributed by atoms with van der Waals surface area (Å²) < 4.78 is 0. The fraction of sp³-hybridized carbons (Fsp3) is 0.808. The molecule has 6 atom stereocenters. The third kappa shape index (κ3) is 3.80. The van der Waals surface area contributed by atoms with Gasteiger partial charge in [-0.1, -0.05) is 26.3 Å². The van der Waals surface area contributed by atoms with E-state index in [2.05, 4.69) is 30.6 Å². The molecule has 1 saturated heterocycles. The van der Waals surface area contributed by atoms with E-state index in [1.54, 1.807) is 4.90 Å². The van der Waals surface area contributed by atoms with Crippen LogP contribution in [0.15, 0.2) is 11.8 Å². The third-order valence-electron chi connectivity index (χ3n) is 9.13. The molecule has 0 aromatic heterocycles. The van der Waals surface area contributed by atoms with Crippen LogP contribution in [0.5, 0.6) is 0 Å². The van der Waals surface area contributed by atoms with Gasteiger partial charge in [0.15, 0.2) is 5.11 Å². The fourth-order valence-electron chi connectivity index (χ4n) is 7.55. The summed E-state index contributed by atoms with van der Waals surface area (Å²) >= 11 is 5.56. The Labute approximate surface area is 199 Å². The molecule has 3 aliphatic carbocycles. The minimum absolute atomic E-state index is 0.105. The summed E-state index contributed by atoms with van der Waals surface area (Å²) in [6, 6.07) is 0.0256. The maximum atomic E-state index is 13.7. The summed E-state index contributed by atoms with van der Waals surface area (Å²) in [5, 5.41) is 6.79. The zero-order valence-electron chi connectivity index (χ0n) is 20.7. The minimum Gasteiger partial charge on any atom is -0.360 e. The number of rotatable bonds is 3. The van der Waals surface area contributed by atoms with Crippen molar-refractivity contribution in [2.75, 3.05) is 0 Å². The van der Waals surface area contributed by atoms with E-state index in [4.69, 9.17) is 12.2 Å². The number of hydrogen-bond acceptors (Lipinski definition) is 3. The average molecular weight is 460 g/mol. The quantitative estimate of drug-likeness (QED) is 0.471. The number of hydrogen-bond donors (Lipinski definition) is 2. The smallest absolute Gasteiger partial charge is 0.241 e. The zero-order valence-corrected chi connectivity index (χ0v) is 21.5. The third-order valence-corrected chi connectivity index (χ3v) is 9.45. The number of nitrogens with zero attached hydrogens (tertiary/aromatic N) is 1. The van der Waals surface area contributed by atoms with Gasteiger partial charge in [-0.15, -0.1) is 0 Å². The van der Waals surface area contributed by atoms with Crippen molar-refractivity contribution in [3.05, 3.63) is 11.8 Å². The largest absolute Gasteiger partial charge is 0.360 e. The van der Waals surface area contributed by atoms with Gasteiger partial charge in [0, 0.05) is 23.2 Å². The number of fused-ring (bicyclic) bond motifs is 5. The van der Waals surface area contributed by atoms with Gasteiger partial charge in [-0.05, 0) is 102 Å². The molecule has 1 unspecified atom stereocenters. The van der Waals surface area contributed by atoms with Gasteiger partial charge >= 0.3 is 0 Å². The molecule has 1 heterocycles. The van der Waals surface area contributed by atoms with Gasteiger partial charge in [0.25, 0.3) is 0 Å². The highest BCUT2D eigenvalue weighted by Gasteiger charge is 2.58. The fourth-order valence-corrected chi connectivity index (χ4v) is 8.09. The van der Waals surface area contributed by atoms with Crippen LogP contribution in [0.4, 0.5) is 0 Å². The molecule has 178 valence electrons. The number of nitrogens with one attached hydrogen (secondary N) is 2. The first-order valence-electron chi connectivity index (χ1n) is 12.6. The van der Waals surface area contributed by atoms with Crippen molar-refractivity contribution in [1.29, 1.82) is 0 Å². The molecule has 2 amide bonds. The van der Waals surface area contributed by atoms with Crippen LogP contribution in [0.1, 0.15) is 86.5 Å². The molecule has 4 aliphatic rings. The molecule has 1 aliphatic heterocycles. The van der Waals surface area contributed by atoms with Crippen LogP contribution in [-0.2, 0) is 9.59 Å². The Morgan fingerprint density at radius 1 is 1.19 bits per heavy atom. The first-order valence-corrected chi connectivity index (χ1v) is 13.0. The molecule has 0 aromatic rings. The van der Waals surface area contributed by atoms with Crippen LogP contribution in [-0.4, -0.2) is 33.9 Å². The van der Waals surface area contributed by atoms with Crippen LogP contribution >= 0.6 is 12.2 Å². The van der Waals surface area contributed by atoms with Crippen molar-refractivity contribution in [2.45, 2.75) is 98.6 Å². The molecule has 0 bridgehead atoms. The predicted octanol–water partition coefficient (Wildman–Crippen LogP) is 4.77. The van der Waals surface area contributed by atoms with Gasteiger partial charge in [0.1, 0.15) is 5.92 Å². The van der Waals surface area contributed by atoms with Crippen molar-refractivity contribution in [2.24, 2.45) is 34.5 Å². The van der Waals surface area contributed by atoms with E-state index in [0.29, 0.717) is 28.8 Å². The van der Waals surface area contributed by atoms with E-state index in [1.807, 2.05) is 27.7 Å². The average Bonchev–Trinajstić information content (AvgIpc) is 3.09. The Kier molecular flexibility index (Phi) is 6.23. The van der Waals surface area contributed by atoms with Crippen molar-refractivity contribution >= 4 is 29.1 Å². The molecule has 0 radical (unpaired) electrons. The molecule has 2 saturated carbocycles. The van der Waals surface area contributed by atoms with Gasteiger partial charge in [-0.2, -0.15) is 0 Å². The normalized spacial score (nSPS) is 38.4. The zero-order chi connectivity index (χ0) is 23.4. The number of carbonyl (C=O) groups is 2. The first kappa shape index (κ1) is 23.7. The van der Waals surface area contributed by atoms with Gasteiger partial charge in [-0.3, -0.25) is 14.5 Å². The number of thiocarbonyl (C=S) groups is 1. The lowest BCUT2D eigenvalue weighted by molar-refractivity contribution is -0.145. The van der Waals surface area contributed by atoms with Crippen LogP contribution < -0.4 is 10.6 Å². The summed E-state index contributed by atoms with van der Waals surface area (Å²) in [5.74, 6) is 0.944. The van der Waals surface area contributed by atoms with E-state index < -0.39 is 5.92 Å². The van der Waals surface area contributed by atoms with E-state index in [-0.39, 0.29) is 29.3 Å². The Hall–Kier alpha value is -1.43. The highest BCUT2D eigenvalue weighted by Crippen LogP contribution is 2.64. The standard InChI is InChI=1S/C26H41N3O2S/c1-15(2)27-24(32)29(16(3)4)23(31)18-14-26(6)20-11-13-25(5)12-7-8-19(25)17(20)9-10-21(26)28-22(18)30/h10,15-20H,7-9,11-14H2,1-6H3,(H,27,32)(H,28,30)/t17-,18?,19-,20+,25-,26+/m0/s1. The summed E-state index contributed by atoms with van der Waals surface area (Å²) in [6.45, 7) is 12.7. The van der Waals surface area contributed by atoms with Gasteiger partial charge in [0.2, 0.25) is 11.8 Å². The highest BCUT2D eigenvalue weighted by molar-refractivity contribution is 7.80. The second-order valence-corrected chi connectivity index (χ2v) is 12.3. The molecule has 32 heavy (non-hydrogen) atoms. The molecule has 3 fully saturated rings. The predicted molar refractivity (Wildman–Crippen MR) is 132 cm³/mol. The monoisotopic (exact) mass is 459 g/mol. The van der Waals surface area contributed by atoms with E-state index >= 15 is 0 Å². The summed E-state index contributed by atoms with van der Waals surface area (Å²) in [6.07, 6.45) is 10.4. The first-order chi connectivity index (χ1) is 15.0. The number of carbonyl (C=O) groups excluding carboxylic acids is 2. The lowest BCUT2D eigenvalue weighted by atomic mass is 9.49. The van der Waals surface area contributed by atoms with Gasteiger partial charge in [0.05, 0.1) is 0 Å². The Morgan fingerprint density at radius 2 is 1.91 bits per heavy atom. The molecule has 0 spiro atoms. The molecule has 4 rings (SSSR count). The maximum Gasteiger partial charge on any atom is 0.241 e. The lowest BCUT2D eigenvalue weighted by Crippen LogP contribution is -2.59. The van der Waals surface area contributed by atoms with Crippen molar-refractivity contribution in [3.8, 4) is 0 Å². The van der Waals surface area contributed by atoms with E-state index in [9.17, 15) is 9.59 Å². The molecule has 0 aromatic carbocycles.